The monoisotopic (exact) mass is 344 g/mol. The van der Waals surface area contributed by atoms with E-state index in [0.29, 0.717) is 0 Å². The zero-order valence-corrected chi connectivity index (χ0v) is 15.7. The van der Waals surface area contributed by atoms with E-state index < -0.39 is 0 Å². The largest absolute Gasteiger partial charge is 0.356 e. The Balaban J connectivity index is 1.46. The Labute approximate surface area is 151 Å². The molecule has 1 aromatic heterocycles. The van der Waals surface area contributed by atoms with Crippen molar-refractivity contribution in [3.05, 3.63) is 24.4 Å². The number of nitrogens with one attached hydrogen (secondary N) is 1. The Morgan fingerprint density at radius 3 is 2.76 bits per heavy atom. The summed E-state index contributed by atoms with van der Waals surface area (Å²) in [6.07, 6.45) is 4.52. The Morgan fingerprint density at radius 2 is 2.08 bits per heavy atom. The van der Waals surface area contributed by atoms with Crippen LogP contribution in [0.15, 0.2) is 29.4 Å². The summed E-state index contributed by atoms with van der Waals surface area (Å²) in [5, 5.41) is 3.62. The highest BCUT2D eigenvalue weighted by Gasteiger charge is 2.22. The molecule has 0 saturated carbocycles. The SMILES string of the molecule is CCN1CCCC(CNC(=NC)N2CCN(c3ccccn3)CC2)C1. The van der Waals surface area contributed by atoms with Crippen molar-refractivity contribution in [1.29, 1.82) is 0 Å². The molecule has 3 heterocycles. The molecule has 1 unspecified atom stereocenters. The van der Waals surface area contributed by atoms with Crippen LogP contribution in [0.4, 0.5) is 5.82 Å². The molecule has 0 amide bonds. The fourth-order valence-electron chi connectivity index (χ4n) is 3.86. The molecule has 2 saturated heterocycles. The maximum absolute atomic E-state index is 4.52. The van der Waals surface area contributed by atoms with Gasteiger partial charge in [0.15, 0.2) is 5.96 Å². The molecule has 25 heavy (non-hydrogen) atoms. The van der Waals surface area contributed by atoms with Gasteiger partial charge in [0, 0.05) is 52.5 Å². The molecule has 6 heteroatoms. The van der Waals surface area contributed by atoms with Crippen molar-refractivity contribution in [2.75, 3.05) is 64.3 Å². The van der Waals surface area contributed by atoms with Crippen LogP contribution in [0.3, 0.4) is 0 Å². The standard InChI is InChI=1S/C19H32N6/c1-3-23-10-6-7-17(16-23)15-22-19(20-2)25-13-11-24(12-14-25)18-8-4-5-9-21-18/h4-5,8-9,17H,3,6-7,10-16H2,1-2H3,(H,20,22). The molecule has 0 aromatic carbocycles. The van der Waals surface area contributed by atoms with Gasteiger partial charge in [0.25, 0.3) is 0 Å². The van der Waals surface area contributed by atoms with Crippen LogP contribution in [0, 0.1) is 5.92 Å². The third-order valence-electron chi connectivity index (χ3n) is 5.36. The highest BCUT2D eigenvalue weighted by atomic mass is 15.4. The van der Waals surface area contributed by atoms with Crippen molar-refractivity contribution in [2.24, 2.45) is 10.9 Å². The summed E-state index contributed by atoms with van der Waals surface area (Å²) in [5.41, 5.74) is 0. The summed E-state index contributed by atoms with van der Waals surface area (Å²) in [4.78, 5) is 16.3. The number of aliphatic imine (C=N–C) groups is 1. The van der Waals surface area contributed by atoms with E-state index in [1.807, 2.05) is 19.3 Å². The average molecular weight is 345 g/mol. The van der Waals surface area contributed by atoms with Crippen molar-refractivity contribution >= 4 is 11.8 Å². The predicted molar refractivity (Wildman–Crippen MR) is 104 cm³/mol. The third kappa shape index (κ3) is 4.84. The van der Waals surface area contributed by atoms with E-state index in [-0.39, 0.29) is 0 Å². The number of guanidine groups is 1. The van der Waals surface area contributed by atoms with Gasteiger partial charge in [0.1, 0.15) is 5.82 Å². The molecule has 2 aliphatic rings. The van der Waals surface area contributed by atoms with Crippen molar-refractivity contribution in [2.45, 2.75) is 19.8 Å². The molecule has 138 valence electrons. The van der Waals surface area contributed by atoms with Crippen molar-refractivity contribution in [1.82, 2.24) is 20.1 Å². The van der Waals surface area contributed by atoms with Crippen LogP contribution in [0.1, 0.15) is 19.8 Å². The van der Waals surface area contributed by atoms with E-state index in [9.17, 15) is 0 Å². The van der Waals surface area contributed by atoms with Crippen molar-refractivity contribution < 1.29 is 0 Å². The summed E-state index contributed by atoms with van der Waals surface area (Å²) in [6, 6.07) is 6.11. The molecule has 2 fully saturated rings. The molecule has 0 spiro atoms. The normalized spacial score (nSPS) is 23.0. The van der Waals surface area contributed by atoms with E-state index >= 15 is 0 Å². The summed E-state index contributed by atoms with van der Waals surface area (Å²) in [5.74, 6) is 2.86. The van der Waals surface area contributed by atoms with Gasteiger partial charge in [-0.2, -0.15) is 0 Å². The topological polar surface area (TPSA) is 47.0 Å². The zero-order chi connectivity index (χ0) is 17.5. The second kappa shape index (κ2) is 9.04. The molecule has 1 atom stereocenters. The van der Waals surface area contributed by atoms with E-state index in [2.05, 4.69) is 49.0 Å². The van der Waals surface area contributed by atoms with Crippen LogP contribution >= 0.6 is 0 Å². The molecule has 1 N–H and O–H groups in total. The quantitative estimate of drug-likeness (QED) is 0.663. The van der Waals surface area contributed by atoms with Gasteiger partial charge in [0.2, 0.25) is 0 Å². The number of hydrogen-bond donors (Lipinski definition) is 1. The lowest BCUT2D eigenvalue weighted by molar-refractivity contribution is 0.182. The number of hydrogen-bond acceptors (Lipinski definition) is 4. The molecule has 2 aliphatic heterocycles. The van der Waals surface area contributed by atoms with Crippen LogP contribution in [0.5, 0.6) is 0 Å². The van der Waals surface area contributed by atoms with Gasteiger partial charge in [-0.15, -0.1) is 0 Å². The fourth-order valence-corrected chi connectivity index (χ4v) is 3.86. The first-order chi connectivity index (χ1) is 12.3. The number of nitrogens with zero attached hydrogens (tertiary/aromatic N) is 5. The average Bonchev–Trinajstić information content (AvgIpc) is 2.70. The number of piperidine rings is 1. The van der Waals surface area contributed by atoms with Gasteiger partial charge in [-0.25, -0.2) is 4.98 Å². The Hall–Kier alpha value is -1.82. The van der Waals surface area contributed by atoms with Gasteiger partial charge < -0.3 is 20.0 Å². The van der Waals surface area contributed by atoms with Crippen molar-refractivity contribution in [3.63, 3.8) is 0 Å². The van der Waals surface area contributed by atoms with E-state index in [1.165, 1.54) is 32.5 Å². The highest BCUT2D eigenvalue weighted by molar-refractivity contribution is 5.80. The maximum atomic E-state index is 4.52. The van der Waals surface area contributed by atoms with Crippen LogP contribution in [-0.2, 0) is 0 Å². The van der Waals surface area contributed by atoms with E-state index in [0.717, 1.165) is 50.4 Å². The van der Waals surface area contributed by atoms with Crippen molar-refractivity contribution in [3.8, 4) is 0 Å². The first-order valence-electron chi connectivity index (χ1n) is 9.64. The minimum atomic E-state index is 0.736. The van der Waals surface area contributed by atoms with Gasteiger partial charge >= 0.3 is 0 Å². The number of aromatic nitrogens is 1. The predicted octanol–water partition coefficient (Wildman–Crippen LogP) is 1.51. The number of pyridine rings is 1. The number of likely N-dealkylation sites (tertiary alicyclic amines) is 1. The second-order valence-corrected chi connectivity index (χ2v) is 6.99. The lowest BCUT2D eigenvalue weighted by Crippen LogP contribution is -2.53. The first kappa shape index (κ1) is 18.0. The highest BCUT2D eigenvalue weighted by Crippen LogP contribution is 2.16. The maximum Gasteiger partial charge on any atom is 0.193 e. The lowest BCUT2D eigenvalue weighted by Gasteiger charge is -2.38. The van der Waals surface area contributed by atoms with Crippen LogP contribution < -0.4 is 10.2 Å². The minimum absolute atomic E-state index is 0.736. The van der Waals surface area contributed by atoms with Crippen LogP contribution in [-0.4, -0.2) is 80.1 Å². The molecule has 0 bridgehead atoms. The third-order valence-corrected chi connectivity index (χ3v) is 5.36. The van der Waals surface area contributed by atoms with Crippen LogP contribution in [0.2, 0.25) is 0 Å². The van der Waals surface area contributed by atoms with Gasteiger partial charge in [-0.1, -0.05) is 13.0 Å². The Kier molecular flexibility index (Phi) is 6.50. The van der Waals surface area contributed by atoms with E-state index in [4.69, 9.17) is 0 Å². The summed E-state index contributed by atoms with van der Waals surface area (Å²) in [6.45, 7) is 10.9. The van der Waals surface area contributed by atoms with Gasteiger partial charge in [-0.3, -0.25) is 4.99 Å². The molecular formula is C19H32N6. The number of rotatable bonds is 4. The summed E-state index contributed by atoms with van der Waals surface area (Å²) < 4.78 is 0. The minimum Gasteiger partial charge on any atom is -0.356 e. The first-order valence-corrected chi connectivity index (χ1v) is 9.64. The number of anilines is 1. The Morgan fingerprint density at radius 1 is 1.24 bits per heavy atom. The zero-order valence-electron chi connectivity index (χ0n) is 15.7. The molecule has 6 nitrogen and oxygen atoms in total. The number of piperazine rings is 1. The fraction of sp³-hybridized carbons (Fsp3) is 0.684. The molecule has 0 aliphatic carbocycles. The molecule has 3 rings (SSSR count). The molecular weight excluding hydrogens is 312 g/mol. The van der Waals surface area contributed by atoms with Gasteiger partial charge in [-0.05, 0) is 44.0 Å². The Bertz CT molecular complexity index is 538. The lowest BCUT2D eigenvalue weighted by atomic mass is 9.98. The van der Waals surface area contributed by atoms with Gasteiger partial charge in [0.05, 0.1) is 0 Å². The van der Waals surface area contributed by atoms with E-state index in [1.54, 1.807) is 0 Å². The summed E-state index contributed by atoms with van der Waals surface area (Å²) >= 11 is 0. The summed E-state index contributed by atoms with van der Waals surface area (Å²) in [7, 11) is 1.90. The molecule has 0 radical (unpaired) electrons. The molecule has 1 aromatic rings. The van der Waals surface area contributed by atoms with Crippen LogP contribution in [0.25, 0.3) is 0 Å². The second-order valence-electron chi connectivity index (χ2n) is 6.99. The smallest absolute Gasteiger partial charge is 0.193 e.